The average Bonchev–Trinajstić information content (AvgIpc) is 2.81. The molecule has 0 saturated carbocycles. The topological polar surface area (TPSA) is 155 Å². The molecule has 34 heavy (non-hydrogen) atoms. The van der Waals surface area contributed by atoms with Crippen LogP contribution in [0.15, 0.2) is 12.1 Å². The third-order valence-electron chi connectivity index (χ3n) is 4.28. The Morgan fingerprint density at radius 3 is 1.09 bits per heavy atom. The van der Waals surface area contributed by atoms with Crippen LogP contribution in [-0.4, -0.2) is 128 Å². The minimum atomic E-state index is -1.86. The Morgan fingerprint density at radius 2 is 0.794 bits per heavy atom. The zero-order chi connectivity index (χ0) is 25.0. The maximum Gasteiger partial charge on any atom is 0.492 e. The van der Waals surface area contributed by atoms with Gasteiger partial charge in [0.05, 0.1) is 66.1 Å². The third-order valence-corrected chi connectivity index (χ3v) is 4.28. The first-order valence-corrected chi connectivity index (χ1v) is 11.0. The zero-order valence-electron chi connectivity index (χ0n) is 19.8. The van der Waals surface area contributed by atoms with Gasteiger partial charge in [-0.25, -0.2) is 0 Å². The Morgan fingerprint density at radius 1 is 0.500 bits per heavy atom. The first kappa shape index (κ1) is 30.6. The predicted molar refractivity (Wildman–Crippen MR) is 124 cm³/mol. The first-order chi connectivity index (χ1) is 16.5. The number of hydrogen-bond acceptors (Lipinski definition) is 12. The highest BCUT2D eigenvalue weighted by Gasteiger charge is 2.25. The number of hydrogen-bond donors (Lipinski definition) is 4. The molecule has 194 valence electrons. The van der Waals surface area contributed by atoms with E-state index >= 15 is 0 Å². The van der Waals surface area contributed by atoms with Gasteiger partial charge in [0.1, 0.15) is 24.7 Å². The fourth-order valence-corrected chi connectivity index (χ4v) is 2.59. The zero-order valence-corrected chi connectivity index (χ0v) is 19.8. The molecular weight excluding hydrogens is 454 g/mol. The molecule has 1 aromatic rings. The van der Waals surface area contributed by atoms with Crippen LogP contribution in [-0.2, 0) is 28.4 Å². The van der Waals surface area contributed by atoms with Gasteiger partial charge in [-0.3, -0.25) is 0 Å². The van der Waals surface area contributed by atoms with Crippen molar-refractivity contribution in [3.63, 3.8) is 0 Å². The summed E-state index contributed by atoms with van der Waals surface area (Å²) in [6.45, 7) is 4.12. The number of methoxy groups -OCH3 is 2. The summed E-state index contributed by atoms with van der Waals surface area (Å²) < 4.78 is 42.2. The molecule has 0 aromatic heterocycles. The van der Waals surface area contributed by atoms with Crippen LogP contribution < -0.4 is 20.4 Å². The van der Waals surface area contributed by atoms with Gasteiger partial charge in [-0.15, -0.1) is 0 Å². The summed E-state index contributed by atoms with van der Waals surface area (Å²) in [7, 11) is -0.546. The molecule has 12 nitrogen and oxygen atoms in total. The molecule has 0 aliphatic carbocycles. The van der Waals surface area contributed by atoms with Gasteiger partial charge in [-0.1, -0.05) is 0 Å². The van der Waals surface area contributed by atoms with Gasteiger partial charge < -0.3 is 58.0 Å². The lowest BCUT2D eigenvalue weighted by Gasteiger charge is -2.17. The molecule has 14 heteroatoms. The Labute approximate surface area is 200 Å². The maximum absolute atomic E-state index is 9.72. The Kier molecular flexibility index (Phi) is 17.8. The van der Waals surface area contributed by atoms with Gasteiger partial charge in [-0.2, -0.15) is 0 Å². The second kappa shape index (κ2) is 19.8. The molecule has 0 saturated heterocycles. The summed E-state index contributed by atoms with van der Waals surface area (Å²) in [5, 5.41) is 38.9. The second-order valence-corrected chi connectivity index (χ2v) is 6.81. The van der Waals surface area contributed by atoms with Crippen molar-refractivity contribution >= 4 is 25.2 Å². The van der Waals surface area contributed by atoms with Crippen LogP contribution in [0.2, 0.25) is 0 Å². The quantitative estimate of drug-likeness (QED) is 0.0978. The van der Waals surface area contributed by atoms with E-state index in [9.17, 15) is 20.1 Å². The average molecular weight is 490 g/mol. The fraction of sp³-hybridized carbons (Fsp3) is 0.700. The highest BCUT2D eigenvalue weighted by atomic mass is 16.6. The summed E-state index contributed by atoms with van der Waals surface area (Å²) >= 11 is 0. The minimum Gasteiger partial charge on any atom is -0.492 e. The number of benzene rings is 1. The van der Waals surface area contributed by atoms with E-state index in [2.05, 4.69) is 0 Å². The van der Waals surface area contributed by atoms with Crippen LogP contribution >= 0.6 is 0 Å². The molecule has 0 spiro atoms. The van der Waals surface area contributed by atoms with Crippen LogP contribution in [0.5, 0.6) is 11.5 Å². The van der Waals surface area contributed by atoms with Crippen molar-refractivity contribution in [2.24, 2.45) is 0 Å². The lowest BCUT2D eigenvalue weighted by molar-refractivity contribution is 0.0178. The highest BCUT2D eigenvalue weighted by molar-refractivity contribution is 6.62. The Bertz CT molecular complexity index is 582. The van der Waals surface area contributed by atoms with E-state index in [0.29, 0.717) is 52.9 Å². The molecule has 0 amide bonds. The summed E-state index contributed by atoms with van der Waals surface area (Å²) in [6, 6.07) is 2.57. The van der Waals surface area contributed by atoms with Crippen LogP contribution in [0.1, 0.15) is 0 Å². The van der Waals surface area contributed by atoms with Gasteiger partial charge in [0.15, 0.2) is 0 Å². The van der Waals surface area contributed by atoms with Gasteiger partial charge in [0, 0.05) is 25.1 Å². The lowest BCUT2D eigenvalue weighted by Crippen LogP contribution is -2.38. The van der Waals surface area contributed by atoms with Gasteiger partial charge in [0.2, 0.25) is 0 Å². The van der Waals surface area contributed by atoms with Crippen molar-refractivity contribution in [3.05, 3.63) is 12.1 Å². The van der Waals surface area contributed by atoms with E-state index in [-0.39, 0.29) is 48.9 Å². The monoisotopic (exact) mass is 490 g/mol. The van der Waals surface area contributed by atoms with Crippen molar-refractivity contribution in [3.8, 4) is 11.5 Å². The maximum atomic E-state index is 9.72. The van der Waals surface area contributed by atoms with Crippen molar-refractivity contribution in [2.45, 2.75) is 0 Å². The summed E-state index contributed by atoms with van der Waals surface area (Å²) in [6.07, 6.45) is 0. The van der Waals surface area contributed by atoms with E-state index in [0.717, 1.165) is 0 Å². The Hall–Kier alpha value is -1.45. The molecule has 0 aliphatic rings. The highest BCUT2D eigenvalue weighted by Crippen LogP contribution is 2.15. The third kappa shape index (κ3) is 13.4. The summed E-state index contributed by atoms with van der Waals surface area (Å²) in [5.41, 5.74) is 0.0181. The molecule has 0 bridgehead atoms. The predicted octanol–water partition coefficient (Wildman–Crippen LogP) is -2.84. The van der Waals surface area contributed by atoms with Crippen molar-refractivity contribution in [1.82, 2.24) is 0 Å². The van der Waals surface area contributed by atoms with Gasteiger partial charge in [0.25, 0.3) is 0 Å². The van der Waals surface area contributed by atoms with E-state index < -0.39 is 14.2 Å². The van der Waals surface area contributed by atoms with Crippen LogP contribution in [0.25, 0.3) is 0 Å². The SMILES string of the molecule is COCCOCCOCCOc1cc(B(O)O)c(OCCOCCOCCOC)cc1B(O)O. The van der Waals surface area contributed by atoms with Crippen molar-refractivity contribution < 1.29 is 58.0 Å². The molecule has 1 aromatic carbocycles. The minimum absolute atomic E-state index is 0.00904. The summed E-state index contributed by atoms with van der Waals surface area (Å²) in [5.74, 6) is 0.129. The smallest absolute Gasteiger partial charge is 0.492 e. The molecule has 0 atom stereocenters. The largest absolute Gasteiger partial charge is 0.492 e. The van der Waals surface area contributed by atoms with Gasteiger partial charge in [-0.05, 0) is 12.1 Å². The molecule has 4 N–H and O–H groups in total. The lowest BCUT2D eigenvalue weighted by atomic mass is 9.73. The van der Waals surface area contributed by atoms with E-state index in [4.69, 9.17) is 37.9 Å². The van der Waals surface area contributed by atoms with Gasteiger partial charge >= 0.3 is 14.2 Å². The molecule has 0 unspecified atom stereocenters. The summed E-state index contributed by atoms with van der Waals surface area (Å²) in [4.78, 5) is 0. The van der Waals surface area contributed by atoms with Crippen LogP contribution in [0.4, 0.5) is 0 Å². The number of ether oxygens (including phenoxy) is 8. The van der Waals surface area contributed by atoms with E-state index in [1.165, 1.54) is 12.1 Å². The molecule has 0 aliphatic heterocycles. The van der Waals surface area contributed by atoms with Crippen molar-refractivity contribution in [2.75, 3.05) is 93.5 Å². The Balaban J connectivity index is 2.51. The van der Waals surface area contributed by atoms with E-state index in [1.54, 1.807) is 14.2 Å². The molecule has 0 fully saturated rings. The van der Waals surface area contributed by atoms with Crippen LogP contribution in [0, 0.1) is 0 Å². The molecular formula is C20H36B2O12. The first-order valence-electron chi connectivity index (χ1n) is 11.0. The van der Waals surface area contributed by atoms with E-state index in [1.807, 2.05) is 0 Å². The van der Waals surface area contributed by atoms with Crippen LogP contribution in [0.3, 0.4) is 0 Å². The second-order valence-electron chi connectivity index (χ2n) is 6.81. The fourth-order valence-electron chi connectivity index (χ4n) is 2.59. The molecule has 1 rings (SSSR count). The van der Waals surface area contributed by atoms with Crippen molar-refractivity contribution in [1.29, 1.82) is 0 Å². The normalized spacial score (nSPS) is 11.0. The molecule has 0 radical (unpaired) electrons. The number of rotatable bonds is 22. The standard InChI is InChI=1S/C20H36B2O12/c1-27-3-5-29-7-9-31-11-13-33-19-15-18(22(25)26)20(16-17(19)21(23)24)34-14-12-32-10-8-30-6-4-28-2/h15-16,23-26H,3-14H2,1-2H3. The molecule has 0 heterocycles.